The maximum atomic E-state index is 13.1. The first-order valence-electron chi connectivity index (χ1n) is 5.02. The van der Waals surface area contributed by atoms with Crippen LogP contribution in [0.1, 0.15) is 11.1 Å². The van der Waals surface area contributed by atoms with Crippen LogP contribution in [0.3, 0.4) is 0 Å². The van der Waals surface area contributed by atoms with Crippen molar-refractivity contribution in [2.24, 2.45) is 0 Å². The Morgan fingerprint density at radius 2 is 2.19 bits per heavy atom. The average molecular weight is 238 g/mol. The van der Waals surface area contributed by atoms with Crippen molar-refractivity contribution in [3.8, 4) is 6.07 Å². The lowest BCUT2D eigenvalue weighted by molar-refractivity contribution is 0.348. The quantitative estimate of drug-likeness (QED) is 0.788. The number of hydrogen-bond acceptors (Lipinski definition) is 3. The van der Waals surface area contributed by atoms with Gasteiger partial charge >= 0.3 is 0 Å². The van der Waals surface area contributed by atoms with Crippen LogP contribution in [-0.4, -0.2) is 30.5 Å². The molecule has 1 rings (SSSR count). The molecule has 2 nitrogen and oxygen atoms in total. The monoisotopic (exact) mass is 238 g/mol. The van der Waals surface area contributed by atoms with E-state index in [2.05, 4.69) is 11.2 Å². The Labute approximate surface area is 100 Å². The van der Waals surface area contributed by atoms with Gasteiger partial charge in [-0.3, -0.25) is 0 Å². The van der Waals surface area contributed by atoms with Crippen LogP contribution in [0.5, 0.6) is 0 Å². The fourth-order valence-electron chi connectivity index (χ4n) is 1.44. The van der Waals surface area contributed by atoms with Crippen molar-refractivity contribution in [2.75, 3.05) is 25.6 Å². The smallest absolute Gasteiger partial charge is 0.124 e. The lowest BCUT2D eigenvalue weighted by atomic mass is 10.1. The zero-order valence-corrected chi connectivity index (χ0v) is 10.4. The molecule has 0 saturated carbocycles. The van der Waals surface area contributed by atoms with Crippen molar-refractivity contribution >= 4 is 11.8 Å². The molecule has 0 fully saturated rings. The molecule has 1 aromatic carbocycles. The molecule has 0 spiro atoms. The second kappa shape index (κ2) is 6.51. The molecule has 1 aromatic rings. The first kappa shape index (κ1) is 13.0. The number of halogens is 1. The van der Waals surface area contributed by atoms with Gasteiger partial charge in [-0.25, -0.2) is 4.39 Å². The molecule has 0 atom stereocenters. The van der Waals surface area contributed by atoms with Crippen molar-refractivity contribution in [1.29, 1.82) is 5.26 Å². The summed E-state index contributed by atoms with van der Waals surface area (Å²) in [5, 5.41) is 8.73. The Hall–Kier alpha value is -1.05. The van der Waals surface area contributed by atoms with Gasteiger partial charge in [-0.1, -0.05) is 0 Å². The highest BCUT2D eigenvalue weighted by atomic mass is 32.2. The molecular weight excluding hydrogens is 223 g/mol. The van der Waals surface area contributed by atoms with E-state index in [1.54, 1.807) is 17.8 Å². The molecule has 0 aliphatic rings. The van der Waals surface area contributed by atoms with E-state index in [1.807, 2.05) is 13.1 Å². The van der Waals surface area contributed by atoms with Gasteiger partial charge in [0, 0.05) is 18.8 Å². The Kier molecular flexibility index (Phi) is 5.30. The predicted molar refractivity (Wildman–Crippen MR) is 65.8 cm³/mol. The standard InChI is InChI=1S/C12H15FN2S/c1-15(3-4-16-2)9-11-5-10(8-14)6-12(13)7-11/h5-7H,3-4,9H2,1-2H3. The van der Waals surface area contributed by atoms with E-state index in [-0.39, 0.29) is 5.82 Å². The maximum Gasteiger partial charge on any atom is 0.124 e. The molecule has 0 heterocycles. The summed E-state index contributed by atoms with van der Waals surface area (Å²) in [6.45, 7) is 1.63. The number of nitriles is 1. The second-order valence-corrected chi connectivity index (χ2v) is 4.68. The molecule has 0 radical (unpaired) electrons. The van der Waals surface area contributed by atoms with Crippen molar-refractivity contribution < 1.29 is 4.39 Å². The van der Waals surface area contributed by atoms with Crippen LogP contribution in [0.25, 0.3) is 0 Å². The van der Waals surface area contributed by atoms with Gasteiger partial charge < -0.3 is 4.90 Å². The average Bonchev–Trinajstić information content (AvgIpc) is 2.25. The van der Waals surface area contributed by atoms with Crippen molar-refractivity contribution in [2.45, 2.75) is 6.54 Å². The fourth-order valence-corrected chi connectivity index (χ4v) is 1.94. The third kappa shape index (κ3) is 4.21. The van der Waals surface area contributed by atoms with E-state index in [0.29, 0.717) is 12.1 Å². The minimum atomic E-state index is -0.340. The summed E-state index contributed by atoms with van der Waals surface area (Å²) in [5.74, 6) is 0.712. The largest absolute Gasteiger partial charge is 0.301 e. The third-order valence-electron chi connectivity index (χ3n) is 2.22. The van der Waals surface area contributed by atoms with Gasteiger partial charge in [-0.05, 0) is 37.1 Å². The molecule has 0 bridgehead atoms. The first-order valence-corrected chi connectivity index (χ1v) is 6.42. The van der Waals surface area contributed by atoms with E-state index in [1.165, 1.54) is 12.1 Å². The van der Waals surface area contributed by atoms with Crippen LogP contribution in [0.2, 0.25) is 0 Å². The van der Waals surface area contributed by atoms with Gasteiger partial charge in [0.05, 0.1) is 11.6 Å². The number of benzene rings is 1. The molecule has 0 aliphatic carbocycles. The van der Waals surface area contributed by atoms with Gasteiger partial charge in [-0.15, -0.1) is 0 Å². The second-order valence-electron chi connectivity index (χ2n) is 3.69. The van der Waals surface area contributed by atoms with Gasteiger partial charge in [-0.2, -0.15) is 17.0 Å². The molecule has 86 valence electrons. The van der Waals surface area contributed by atoms with Gasteiger partial charge in [0.1, 0.15) is 5.82 Å². The molecule has 0 N–H and O–H groups in total. The minimum absolute atomic E-state index is 0.340. The Morgan fingerprint density at radius 3 is 2.81 bits per heavy atom. The van der Waals surface area contributed by atoms with Crippen LogP contribution < -0.4 is 0 Å². The van der Waals surface area contributed by atoms with E-state index >= 15 is 0 Å². The molecule has 16 heavy (non-hydrogen) atoms. The van der Waals surface area contributed by atoms with Crippen molar-refractivity contribution in [3.63, 3.8) is 0 Å². The summed E-state index contributed by atoms with van der Waals surface area (Å²) in [6, 6.07) is 6.43. The van der Waals surface area contributed by atoms with E-state index in [0.717, 1.165) is 17.9 Å². The Morgan fingerprint density at radius 1 is 1.44 bits per heavy atom. The molecule has 4 heteroatoms. The summed E-state index contributed by atoms with van der Waals surface area (Å²) in [4.78, 5) is 2.12. The lowest BCUT2D eigenvalue weighted by Gasteiger charge is -2.16. The summed E-state index contributed by atoms with van der Waals surface area (Å²) in [6.07, 6.45) is 2.06. The van der Waals surface area contributed by atoms with Crippen LogP contribution in [0.15, 0.2) is 18.2 Å². The zero-order valence-electron chi connectivity index (χ0n) is 9.53. The molecule has 0 unspecified atom stereocenters. The van der Waals surface area contributed by atoms with E-state index < -0.39 is 0 Å². The molecule has 0 aromatic heterocycles. The number of thioether (sulfide) groups is 1. The third-order valence-corrected chi connectivity index (χ3v) is 2.81. The molecule has 0 saturated heterocycles. The fraction of sp³-hybridized carbons (Fsp3) is 0.417. The van der Waals surface area contributed by atoms with Gasteiger partial charge in [0.2, 0.25) is 0 Å². The number of nitrogens with zero attached hydrogens (tertiary/aromatic N) is 2. The van der Waals surface area contributed by atoms with Gasteiger partial charge in [0.25, 0.3) is 0 Å². The highest BCUT2D eigenvalue weighted by Gasteiger charge is 2.03. The van der Waals surface area contributed by atoms with Crippen LogP contribution in [0, 0.1) is 17.1 Å². The van der Waals surface area contributed by atoms with Crippen LogP contribution in [0.4, 0.5) is 4.39 Å². The molecule has 0 aliphatic heterocycles. The van der Waals surface area contributed by atoms with Crippen LogP contribution in [-0.2, 0) is 6.54 Å². The topological polar surface area (TPSA) is 27.0 Å². The highest BCUT2D eigenvalue weighted by Crippen LogP contribution is 2.10. The van der Waals surface area contributed by atoms with Crippen molar-refractivity contribution in [1.82, 2.24) is 4.90 Å². The van der Waals surface area contributed by atoms with Crippen molar-refractivity contribution in [3.05, 3.63) is 35.1 Å². The minimum Gasteiger partial charge on any atom is -0.301 e. The molecular formula is C12H15FN2S. The number of hydrogen-bond donors (Lipinski definition) is 0. The SMILES string of the molecule is CSCCN(C)Cc1cc(F)cc(C#N)c1. The van der Waals surface area contributed by atoms with E-state index in [9.17, 15) is 4.39 Å². The zero-order chi connectivity index (χ0) is 12.0. The lowest BCUT2D eigenvalue weighted by Crippen LogP contribution is -2.20. The summed E-state index contributed by atoms with van der Waals surface area (Å²) < 4.78 is 13.1. The first-order chi connectivity index (χ1) is 7.65. The summed E-state index contributed by atoms with van der Waals surface area (Å²) in [7, 11) is 1.99. The van der Waals surface area contributed by atoms with Gasteiger partial charge in [0.15, 0.2) is 0 Å². The maximum absolute atomic E-state index is 13.1. The summed E-state index contributed by atoms with van der Waals surface area (Å²) in [5.41, 5.74) is 1.23. The normalized spacial score (nSPS) is 10.4. The Balaban J connectivity index is 2.66. The summed E-state index contributed by atoms with van der Waals surface area (Å²) >= 11 is 1.78. The molecule has 0 amide bonds. The van der Waals surface area contributed by atoms with Crippen LogP contribution >= 0.6 is 11.8 Å². The highest BCUT2D eigenvalue weighted by molar-refractivity contribution is 7.98. The predicted octanol–water partition coefficient (Wildman–Crippen LogP) is 2.49. The Bertz CT molecular complexity index is 387. The number of rotatable bonds is 5. The van der Waals surface area contributed by atoms with E-state index in [4.69, 9.17) is 5.26 Å².